The number of aryl methyl sites for hydroxylation is 1. The zero-order chi connectivity index (χ0) is 18.3. The number of carboxylic acids is 1. The third kappa shape index (κ3) is 2.94. The first kappa shape index (κ1) is 16.7. The van der Waals surface area contributed by atoms with Crippen LogP contribution in [0.3, 0.4) is 0 Å². The summed E-state index contributed by atoms with van der Waals surface area (Å²) in [5.41, 5.74) is 2.24. The minimum atomic E-state index is -0.882. The van der Waals surface area contributed by atoms with Crippen molar-refractivity contribution in [3.05, 3.63) is 58.9 Å². The molecule has 1 amide bonds. The summed E-state index contributed by atoms with van der Waals surface area (Å²) in [6.45, 7) is 2.52. The number of carboxylic acid groups (broad SMARTS) is 1. The number of carbonyl (C=O) groups excluding carboxylic acids is 1. The van der Waals surface area contributed by atoms with Crippen molar-refractivity contribution in [2.45, 2.75) is 12.8 Å². The van der Waals surface area contributed by atoms with E-state index in [1.165, 1.54) is 0 Å². The van der Waals surface area contributed by atoms with Gasteiger partial charge in [-0.15, -0.1) is 11.3 Å². The molecule has 1 saturated heterocycles. The second kappa shape index (κ2) is 6.49. The van der Waals surface area contributed by atoms with Crippen LogP contribution in [0.1, 0.15) is 26.8 Å². The minimum Gasteiger partial charge on any atom is -0.481 e. The van der Waals surface area contributed by atoms with Crippen LogP contribution in [0.15, 0.2) is 42.7 Å². The van der Waals surface area contributed by atoms with Crippen LogP contribution in [-0.4, -0.2) is 44.9 Å². The first-order chi connectivity index (χ1) is 12.5. The number of rotatable bonds is 3. The largest absolute Gasteiger partial charge is 0.481 e. The Bertz CT molecular complexity index is 986. The van der Waals surface area contributed by atoms with Gasteiger partial charge in [-0.2, -0.15) is 0 Å². The Labute approximate surface area is 154 Å². The number of thiazole rings is 1. The Hall–Kier alpha value is -2.80. The summed E-state index contributed by atoms with van der Waals surface area (Å²) in [6.07, 6.45) is 3.30. The van der Waals surface area contributed by atoms with E-state index in [1.807, 2.05) is 25.1 Å². The van der Waals surface area contributed by atoms with Crippen LogP contribution in [0.25, 0.3) is 10.2 Å². The third-order valence-corrected chi connectivity index (χ3v) is 5.75. The Kier molecular flexibility index (Phi) is 4.16. The fourth-order valence-electron chi connectivity index (χ4n) is 3.53. The van der Waals surface area contributed by atoms with Crippen LogP contribution in [-0.2, 0) is 4.79 Å². The number of hydrogen-bond donors (Lipinski definition) is 1. The van der Waals surface area contributed by atoms with E-state index in [0.29, 0.717) is 12.1 Å². The van der Waals surface area contributed by atoms with Crippen LogP contribution in [0, 0.1) is 12.8 Å². The van der Waals surface area contributed by atoms with Crippen molar-refractivity contribution in [3.63, 3.8) is 0 Å². The molecule has 0 bridgehead atoms. The SMILES string of the molecule is Cc1nc2cc(C(=O)N3C[C@@H](C(=O)O)[C@H](c4ccncc4)C3)ccc2s1. The van der Waals surface area contributed by atoms with Crippen LogP contribution < -0.4 is 0 Å². The second-order valence-corrected chi connectivity index (χ2v) is 7.69. The normalized spacial score (nSPS) is 19.8. The van der Waals surface area contributed by atoms with Crippen molar-refractivity contribution in [2.24, 2.45) is 5.92 Å². The molecule has 0 unspecified atom stereocenters. The van der Waals surface area contributed by atoms with E-state index in [9.17, 15) is 14.7 Å². The molecule has 3 heterocycles. The quantitative estimate of drug-likeness (QED) is 0.769. The van der Waals surface area contributed by atoms with Gasteiger partial charge in [-0.05, 0) is 42.8 Å². The molecule has 1 aliphatic heterocycles. The molecule has 2 atom stereocenters. The molecule has 0 radical (unpaired) electrons. The smallest absolute Gasteiger partial charge is 0.308 e. The number of fused-ring (bicyclic) bond motifs is 1. The third-order valence-electron chi connectivity index (χ3n) is 4.80. The highest BCUT2D eigenvalue weighted by Gasteiger charge is 2.40. The Morgan fingerprint density at radius 3 is 2.69 bits per heavy atom. The molecular formula is C19H17N3O3S. The van der Waals surface area contributed by atoms with Crippen molar-refractivity contribution in [3.8, 4) is 0 Å². The van der Waals surface area contributed by atoms with E-state index in [0.717, 1.165) is 20.8 Å². The molecule has 1 N–H and O–H groups in total. The number of carbonyl (C=O) groups is 2. The lowest BCUT2D eigenvalue weighted by molar-refractivity contribution is -0.141. The lowest BCUT2D eigenvalue weighted by atomic mass is 9.90. The van der Waals surface area contributed by atoms with E-state index in [1.54, 1.807) is 40.8 Å². The van der Waals surface area contributed by atoms with Crippen molar-refractivity contribution in [1.29, 1.82) is 0 Å². The molecule has 6 nitrogen and oxygen atoms in total. The number of hydrogen-bond acceptors (Lipinski definition) is 5. The minimum absolute atomic E-state index is 0.152. The van der Waals surface area contributed by atoms with Gasteiger partial charge in [0.05, 0.1) is 21.1 Å². The van der Waals surface area contributed by atoms with Gasteiger partial charge < -0.3 is 10.0 Å². The Balaban J connectivity index is 1.62. The highest BCUT2D eigenvalue weighted by atomic mass is 32.1. The standard InChI is InChI=1S/C19H17N3O3S/c1-11-21-16-8-13(2-3-17(16)26-11)18(23)22-9-14(15(10-22)19(24)25)12-4-6-20-7-5-12/h2-8,14-15H,9-10H2,1H3,(H,24,25)/t14-,15+/m0/s1. The summed E-state index contributed by atoms with van der Waals surface area (Å²) in [7, 11) is 0. The maximum atomic E-state index is 12.9. The van der Waals surface area contributed by atoms with Crippen molar-refractivity contribution < 1.29 is 14.7 Å². The number of aliphatic carboxylic acids is 1. The molecule has 3 aromatic rings. The molecule has 132 valence electrons. The Morgan fingerprint density at radius 2 is 1.96 bits per heavy atom. The zero-order valence-electron chi connectivity index (χ0n) is 14.1. The van der Waals surface area contributed by atoms with E-state index in [4.69, 9.17) is 0 Å². The summed E-state index contributed by atoms with van der Waals surface area (Å²) in [6, 6.07) is 9.12. The predicted octanol–water partition coefficient (Wildman–Crippen LogP) is 2.94. The van der Waals surface area contributed by atoms with Gasteiger partial charge in [0.15, 0.2) is 0 Å². The summed E-state index contributed by atoms with van der Waals surface area (Å²) >= 11 is 1.59. The highest BCUT2D eigenvalue weighted by Crippen LogP contribution is 2.34. The molecule has 2 aromatic heterocycles. The van der Waals surface area contributed by atoms with Crippen molar-refractivity contribution >= 4 is 33.4 Å². The molecule has 1 aromatic carbocycles. The summed E-state index contributed by atoms with van der Waals surface area (Å²) in [5, 5.41) is 10.6. The van der Waals surface area contributed by atoms with Gasteiger partial charge >= 0.3 is 5.97 Å². The van der Waals surface area contributed by atoms with Gasteiger partial charge in [-0.25, -0.2) is 4.98 Å². The average molecular weight is 367 g/mol. The maximum absolute atomic E-state index is 12.9. The molecular weight excluding hydrogens is 350 g/mol. The lowest BCUT2D eigenvalue weighted by Crippen LogP contribution is -2.29. The van der Waals surface area contributed by atoms with Gasteiger partial charge in [0.25, 0.3) is 5.91 Å². The van der Waals surface area contributed by atoms with Crippen molar-refractivity contribution in [2.75, 3.05) is 13.1 Å². The summed E-state index contributed by atoms with van der Waals surface area (Å²) in [4.78, 5) is 34.7. The van der Waals surface area contributed by atoms with Gasteiger partial charge in [-0.1, -0.05) is 0 Å². The van der Waals surface area contributed by atoms with Crippen LogP contribution in [0.5, 0.6) is 0 Å². The highest BCUT2D eigenvalue weighted by molar-refractivity contribution is 7.18. The van der Waals surface area contributed by atoms with Gasteiger partial charge in [-0.3, -0.25) is 14.6 Å². The topological polar surface area (TPSA) is 83.4 Å². The van der Waals surface area contributed by atoms with Crippen LogP contribution >= 0.6 is 11.3 Å². The lowest BCUT2D eigenvalue weighted by Gasteiger charge is -2.16. The molecule has 7 heteroatoms. The fourth-order valence-corrected chi connectivity index (χ4v) is 4.33. The zero-order valence-corrected chi connectivity index (χ0v) is 14.9. The molecule has 0 spiro atoms. The maximum Gasteiger partial charge on any atom is 0.308 e. The van der Waals surface area contributed by atoms with Gasteiger partial charge in [0.1, 0.15) is 0 Å². The number of nitrogens with zero attached hydrogens (tertiary/aromatic N) is 3. The van der Waals surface area contributed by atoms with Crippen LogP contribution in [0.4, 0.5) is 0 Å². The Morgan fingerprint density at radius 1 is 1.19 bits per heavy atom. The molecule has 1 fully saturated rings. The summed E-state index contributed by atoms with van der Waals surface area (Å²) < 4.78 is 1.04. The molecule has 0 saturated carbocycles. The van der Waals surface area contributed by atoms with E-state index in [2.05, 4.69) is 9.97 Å². The number of likely N-dealkylation sites (tertiary alicyclic amines) is 1. The number of benzene rings is 1. The van der Waals surface area contributed by atoms with Crippen LogP contribution in [0.2, 0.25) is 0 Å². The number of pyridine rings is 1. The van der Waals surface area contributed by atoms with E-state index < -0.39 is 11.9 Å². The first-order valence-corrected chi connectivity index (χ1v) is 9.14. The van der Waals surface area contributed by atoms with E-state index in [-0.39, 0.29) is 18.4 Å². The number of amides is 1. The molecule has 0 aliphatic carbocycles. The van der Waals surface area contributed by atoms with Gasteiger partial charge in [0, 0.05) is 37.0 Å². The monoisotopic (exact) mass is 367 g/mol. The average Bonchev–Trinajstić information content (AvgIpc) is 3.24. The predicted molar refractivity (Wildman–Crippen MR) is 98.4 cm³/mol. The van der Waals surface area contributed by atoms with Crippen molar-refractivity contribution in [1.82, 2.24) is 14.9 Å². The molecule has 1 aliphatic rings. The molecule has 26 heavy (non-hydrogen) atoms. The van der Waals surface area contributed by atoms with Gasteiger partial charge in [0.2, 0.25) is 0 Å². The first-order valence-electron chi connectivity index (χ1n) is 8.32. The fraction of sp³-hybridized carbons (Fsp3) is 0.263. The number of aromatic nitrogens is 2. The van der Waals surface area contributed by atoms with E-state index >= 15 is 0 Å². The summed E-state index contributed by atoms with van der Waals surface area (Å²) in [5.74, 6) is -1.88. The molecule has 4 rings (SSSR count). The second-order valence-electron chi connectivity index (χ2n) is 6.46.